The van der Waals surface area contributed by atoms with Gasteiger partial charge < -0.3 is 10.0 Å². The molecule has 1 amide bonds. The maximum absolute atomic E-state index is 12.3. The molecule has 0 spiro atoms. The monoisotopic (exact) mass is 280 g/mol. The minimum Gasteiger partial charge on any atom is -0.396 e. The Morgan fingerprint density at radius 1 is 1.35 bits per heavy atom. The van der Waals surface area contributed by atoms with Crippen LogP contribution < -0.4 is 0 Å². The van der Waals surface area contributed by atoms with Crippen molar-refractivity contribution in [2.75, 3.05) is 20.2 Å². The number of benzene rings is 1. The molecule has 110 valence electrons. The molecule has 0 aliphatic rings. The van der Waals surface area contributed by atoms with E-state index < -0.39 is 4.92 Å². The van der Waals surface area contributed by atoms with Crippen molar-refractivity contribution in [1.29, 1.82) is 0 Å². The van der Waals surface area contributed by atoms with E-state index >= 15 is 0 Å². The van der Waals surface area contributed by atoms with Crippen molar-refractivity contribution in [2.24, 2.45) is 0 Å². The number of carbonyl (C=O) groups excluding carboxylic acids is 1. The summed E-state index contributed by atoms with van der Waals surface area (Å²) in [6.07, 6.45) is 2.37. The van der Waals surface area contributed by atoms with Crippen molar-refractivity contribution in [3.05, 3.63) is 39.4 Å². The summed E-state index contributed by atoms with van der Waals surface area (Å²) in [7, 11) is 1.68. The van der Waals surface area contributed by atoms with Gasteiger partial charge in [0.15, 0.2) is 0 Å². The van der Waals surface area contributed by atoms with Gasteiger partial charge in [-0.3, -0.25) is 14.9 Å². The zero-order chi connectivity index (χ0) is 15.1. The quantitative estimate of drug-likeness (QED) is 0.471. The maximum atomic E-state index is 12.3. The van der Waals surface area contributed by atoms with E-state index in [1.165, 1.54) is 12.1 Å². The van der Waals surface area contributed by atoms with E-state index in [1.807, 2.05) is 0 Å². The summed E-state index contributed by atoms with van der Waals surface area (Å²) in [5.74, 6) is -0.213. The predicted molar refractivity (Wildman–Crippen MR) is 75.7 cm³/mol. The number of carbonyl (C=O) groups is 1. The molecule has 1 rings (SSSR count). The van der Waals surface area contributed by atoms with Gasteiger partial charge in [0.05, 0.1) is 4.92 Å². The van der Waals surface area contributed by atoms with E-state index in [9.17, 15) is 14.9 Å². The minimum atomic E-state index is -0.479. The van der Waals surface area contributed by atoms with Gasteiger partial charge in [-0.15, -0.1) is 0 Å². The molecule has 0 saturated heterocycles. The first-order valence-electron chi connectivity index (χ1n) is 6.59. The second-order valence-electron chi connectivity index (χ2n) is 4.72. The second-order valence-corrected chi connectivity index (χ2v) is 4.72. The molecular formula is C14H20N2O4. The highest BCUT2D eigenvalue weighted by Gasteiger charge is 2.20. The lowest BCUT2D eigenvalue weighted by molar-refractivity contribution is -0.385. The zero-order valence-electron chi connectivity index (χ0n) is 11.8. The van der Waals surface area contributed by atoms with Crippen molar-refractivity contribution in [1.82, 2.24) is 4.90 Å². The van der Waals surface area contributed by atoms with Gasteiger partial charge in [0.2, 0.25) is 0 Å². The average molecular weight is 280 g/mol. The Balaban J connectivity index is 2.76. The highest BCUT2D eigenvalue weighted by atomic mass is 16.6. The Morgan fingerprint density at radius 2 is 2.05 bits per heavy atom. The van der Waals surface area contributed by atoms with Crippen LogP contribution in [0, 0.1) is 17.0 Å². The summed E-state index contributed by atoms with van der Waals surface area (Å²) in [5.41, 5.74) is 0.720. The topological polar surface area (TPSA) is 83.7 Å². The highest BCUT2D eigenvalue weighted by molar-refractivity contribution is 5.96. The van der Waals surface area contributed by atoms with Gasteiger partial charge >= 0.3 is 0 Å². The number of nitrogens with zero attached hydrogens (tertiary/aromatic N) is 2. The Labute approximate surface area is 118 Å². The third-order valence-electron chi connectivity index (χ3n) is 3.23. The fourth-order valence-electron chi connectivity index (χ4n) is 2.00. The van der Waals surface area contributed by atoms with E-state index in [2.05, 4.69) is 0 Å². The number of rotatable bonds is 7. The van der Waals surface area contributed by atoms with Crippen LogP contribution in [0.15, 0.2) is 18.2 Å². The van der Waals surface area contributed by atoms with E-state index in [0.717, 1.165) is 19.3 Å². The molecule has 0 fully saturated rings. The molecule has 0 unspecified atom stereocenters. The summed E-state index contributed by atoms with van der Waals surface area (Å²) in [4.78, 5) is 24.2. The van der Waals surface area contributed by atoms with Crippen LogP contribution in [0.1, 0.15) is 35.2 Å². The van der Waals surface area contributed by atoms with Crippen LogP contribution in [0.5, 0.6) is 0 Å². The van der Waals surface area contributed by atoms with Crippen LogP contribution in [0.4, 0.5) is 5.69 Å². The van der Waals surface area contributed by atoms with Crippen molar-refractivity contribution >= 4 is 11.6 Å². The van der Waals surface area contributed by atoms with Crippen molar-refractivity contribution in [2.45, 2.75) is 26.2 Å². The van der Waals surface area contributed by atoms with E-state index in [1.54, 1.807) is 24.9 Å². The largest absolute Gasteiger partial charge is 0.396 e. The van der Waals surface area contributed by atoms with Gasteiger partial charge in [-0.1, -0.05) is 6.07 Å². The Kier molecular flexibility index (Phi) is 6.11. The second kappa shape index (κ2) is 7.59. The molecule has 6 heteroatoms. The van der Waals surface area contributed by atoms with Crippen LogP contribution in [-0.4, -0.2) is 41.0 Å². The fourth-order valence-corrected chi connectivity index (χ4v) is 2.00. The number of nitro benzene ring substituents is 1. The summed E-state index contributed by atoms with van der Waals surface area (Å²) in [6.45, 7) is 2.31. The van der Waals surface area contributed by atoms with Gasteiger partial charge in [0, 0.05) is 37.4 Å². The molecule has 0 bridgehead atoms. The van der Waals surface area contributed by atoms with Crippen LogP contribution in [0.3, 0.4) is 0 Å². The predicted octanol–water partition coefficient (Wildman–Crippen LogP) is 2.14. The molecule has 20 heavy (non-hydrogen) atoms. The number of hydrogen-bond donors (Lipinski definition) is 1. The number of amides is 1. The Morgan fingerprint density at radius 3 is 2.65 bits per heavy atom. The maximum Gasteiger partial charge on any atom is 0.273 e. The van der Waals surface area contributed by atoms with Crippen molar-refractivity contribution < 1.29 is 14.8 Å². The van der Waals surface area contributed by atoms with Crippen LogP contribution in [0.25, 0.3) is 0 Å². The van der Waals surface area contributed by atoms with Crippen LogP contribution >= 0.6 is 0 Å². The lowest BCUT2D eigenvalue weighted by atomic mass is 10.1. The van der Waals surface area contributed by atoms with Gasteiger partial charge in [-0.05, 0) is 32.3 Å². The van der Waals surface area contributed by atoms with Gasteiger partial charge in [0.25, 0.3) is 11.6 Å². The lowest BCUT2D eigenvalue weighted by Gasteiger charge is -2.18. The molecule has 6 nitrogen and oxygen atoms in total. The molecule has 0 heterocycles. The van der Waals surface area contributed by atoms with E-state index in [4.69, 9.17) is 5.11 Å². The fraction of sp³-hybridized carbons (Fsp3) is 0.500. The van der Waals surface area contributed by atoms with Crippen molar-refractivity contribution in [3.63, 3.8) is 0 Å². The first-order valence-corrected chi connectivity index (χ1v) is 6.59. The molecule has 1 N–H and O–H groups in total. The number of unbranched alkanes of at least 4 members (excludes halogenated alkanes) is 2. The number of aliphatic hydroxyl groups is 1. The number of aliphatic hydroxyl groups excluding tert-OH is 1. The standard InChI is InChI=1S/C14H20N2O4/c1-11-12(7-6-8-13(11)16(19)20)14(18)15(2)9-4-3-5-10-17/h6-8,17H,3-5,9-10H2,1-2H3. The number of nitro groups is 1. The normalized spacial score (nSPS) is 10.3. The molecule has 1 aromatic rings. The van der Waals surface area contributed by atoms with E-state index in [-0.39, 0.29) is 18.2 Å². The Hall–Kier alpha value is -1.95. The first kappa shape index (κ1) is 16.1. The van der Waals surface area contributed by atoms with E-state index in [0.29, 0.717) is 17.7 Å². The van der Waals surface area contributed by atoms with Crippen LogP contribution in [-0.2, 0) is 0 Å². The molecule has 0 aromatic heterocycles. The summed E-state index contributed by atoms with van der Waals surface area (Å²) in [5, 5.41) is 19.6. The molecule has 0 aliphatic heterocycles. The average Bonchev–Trinajstić information content (AvgIpc) is 2.42. The zero-order valence-corrected chi connectivity index (χ0v) is 11.8. The van der Waals surface area contributed by atoms with Crippen molar-refractivity contribution in [3.8, 4) is 0 Å². The van der Waals surface area contributed by atoms with Gasteiger partial charge in [-0.25, -0.2) is 0 Å². The third kappa shape index (κ3) is 4.03. The summed E-state index contributed by atoms with van der Waals surface area (Å²) >= 11 is 0. The smallest absolute Gasteiger partial charge is 0.273 e. The third-order valence-corrected chi connectivity index (χ3v) is 3.23. The summed E-state index contributed by atoms with van der Waals surface area (Å²) in [6, 6.07) is 4.53. The SMILES string of the molecule is Cc1c(C(=O)N(C)CCCCCO)cccc1[N+](=O)[O-]. The molecular weight excluding hydrogens is 260 g/mol. The van der Waals surface area contributed by atoms with Crippen LogP contribution in [0.2, 0.25) is 0 Å². The molecule has 0 saturated carbocycles. The first-order chi connectivity index (χ1) is 9.49. The van der Waals surface area contributed by atoms with Gasteiger partial charge in [0.1, 0.15) is 0 Å². The summed E-state index contributed by atoms with van der Waals surface area (Å²) < 4.78 is 0. The molecule has 0 radical (unpaired) electrons. The Bertz CT molecular complexity index is 488. The minimum absolute atomic E-state index is 0.0375. The lowest BCUT2D eigenvalue weighted by Crippen LogP contribution is -2.28. The molecule has 1 aromatic carbocycles. The van der Waals surface area contributed by atoms with Gasteiger partial charge in [-0.2, -0.15) is 0 Å². The number of hydrogen-bond acceptors (Lipinski definition) is 4. The highest BCUT2D eigenvalue weighted by Crippen LogP contribution is 2.22. The molecule has 0 aliphatic carbocycles. The molecule has 0 atom stereocenters.